The molecule has 1 N–H and O–H groups in total. The van der Waals surface area contributed by atoms with E-state index < -0.39 is 41.2 Å². The van der Waals surface area contributed by atoms with Crippen LogP contribution >= 0.6 is 0 Å². The molecule has 1 amide bonds. The fourth-order valence-electron chi connectivity index (χ4n) is 4.17. The van der Waals surface area contributed by atoms with E-state index in [2.05, 4.69) is 0 Å². The number of hydrogen-bond acceptors (Lipinski definition) is 4. The van der Waals surface area contributed by atoms with Gasteiger partial charge in [-0.15, -0.1) is 0 Å². The molecule has 29 heavy (non-hydrogen) atoms. The highest BCUT2D eigenvalue weighted by Gasteiger charge is 2.50. The second kappa shape index (κ2) is 7.68. The average Bonchev–Trinajstić information content (AvgIpc) is 2.70. The Bertz CT molecular complexity index is 894. The van der Waals surface area contributed by atoms with Gasteiger partial charge in [0, 0.05) is 18.4 Å². The summed E-state index contributed by atoms with van der Waals surface area (Å²) in [6, 6.07) is 9.87. The van der Waals surface area contributed by atoms with Gasteiger partial charge in [0.15, 0.2) is 17.5 Å². The Morgan fingerprint density at radius 3 is 2.38 bits per heavy atom. The molecule has 2 aromatic carbocycles. The molecule has 154 valence electrons. The normalized spacial score (nSPS) is 26.3. The summed E-state index contributed by atoms with van der Waals surface area (Å²) < 4.78 is 52.2. The number of amides is 1. The van der Waals surface area contributed by atoms with Crippen molar-refractivity contribution >= 4 is 6.09 Å². The molecule has 2 bridgehead atoms. The molecule has 0 radical (unpaired) electrons. The molecule has 4 rings (SSSR count). The number of carbonyl (C=O) groups is 1. The lowest BCUT2D eigenvalue weighted by Gasteiger charge is -2.51. The molecule has 2 saturated heterocycles. The highest BCUT2D eigenvalue weighted by molar-refractivity contribution is 5.69. The highest BCUT2D eigenvalue weighted by atomic mass is 19.2. The molecule has 0 saturated carbocycles. The van der Waals surface area contributed by atoms with Crippen molar-refractivity contribution in [2.75, 3.05) is 13.2 Å². The predicted octanol–water partition coefficient (Wildman–Crippen LogP) is 3.49. The molecule has 2 atom stereocenters. The molecule has 8 heteroatoms. The molecule has 2 fully saturated rings. The summed E-state index contributed by atoms with van der Waals surface area (Å²) in [6.07, 6.45) is -0.710. The Labute approximate surface area is 165 Å². The minimum atomic E-state index is -1.74. The van der Waals surface area contributed by atoms with E-state index >= 15 is 0 Å². The zero-order valence-corrected chi connectivity index (χ0v) is 15.5. The highest BCUT2D eigenvalue weighted by Crippen LogP contribution is 2.42. The Morgan fingerprint density at radius 1 is 1.07 bits per heavy atom. The molecule has 5 nitrogen and oxygen atoms in total. The third kappa shape index (κ3) is 3.70. The van der Waals surface area contributed by atoms with Crippen molar-refractivity contribution in [1.29, 1.82) is 0 Å². The number of aliphatic hydroxyl groups is 1. The van der Waals surface area contributed by atoms with Crippen molar-refractivity contribution in [3.63, 3.8) is 0 Å². The topological polar surface area (TPSA) is 59.0 Å². The van der Waals surface area contributed by atoms with Crippen LogP contribution in [0.15, 0.2) is 42.5 Å². The summed E-state index contributed by atoms with van der Waals surface area (Å²) in [4.78, 5) is 14.2. The molecule has 0 aromatic heterocycles. The number of rotatable bonds is 3. The molecular weight excluding hydrogens is 387 g/mol. The zero-order chi connectivity index (χ0) is 20.6. The Hall–Kier alpha value is -2.58. The van der Waals surface area contributed by atoms with E-state index in [1.165, 1.54) is 4.90 Å². The van der Waals surface area contributed by atoms with E-state index in [4.69, 9.17) is 9.47 Å². The maximum Gasteiger partial charge on any atom is 0.410 e. The largest absolute Gasteiger partial charge is 0.445 e. The van der Waals surface area contributed by atoms with Gasteiger partial charge in [-0.05, 0) is 11.6 Å². The molecule has 2 aliphatic heterocycles. The van der Waals surface area contributed by atoms with Gasteiger partial charge >= 0.3 is 6.09 Å². The molecule has 2 aliphatic rings. The van der Waals surface area contributed by atoms with E-state index in [1.54, 1.807) is 0 Å². The lowest BCUT2D eigenvalue weighted by molar-refractivity contribution is -0.138. The third-order valence-electron chi connectivity index (χ3n) is 5.51. The van der Waals surface area contributed by atoms with Crippen LogP contribution in [-0.2, 0) is 21.7 Å². The summed E-state index contributed by atoms with van der Waals surface area (Å²) in [5, 5.41) is 11.1. The van der Waals surface area contributed by atoms with Crippen LogP contribution in [0.2, 0.25) is 0 Å². The van der Waals surface area contributed by atoms with Crippen molar-refractivity contribution in [3.8, 4) is 0 Å². The maximum absolute atomic E-state index is 14.3. The van der Waals surface area contributed by atoms with Gasteiger partial charge in [-0.25, -0.2) is 18.0 Å². The van der Waals surface area contributed by atoms with Crippen LogP contribution in [0.5, 0.6) is 0 Å². The first kappa shape index (κ1) is 19.7. The van der Waals surface area contributed by atoms with Crippen LogP contribution < -0.4 is 0 Å². The van der Waals surface area contributed by atoms with E-state index in [-0.39, 0.29) is 38.2 Å². The third-order valence-corrected chi connectivity index (χ3v) is 5.51. The van der Waals surface area contributed by atoms with Crippen molar-refractivity contribution in [2.45, 2.75) is 37.1 Å². The van der Waals surface area contributed by atoms with Crippen LogP contribution in [0.3, 0.4) is 0 Å². The van der Waals surface area contributed by atoms with Gasteiger partial charge in [0.25, 0.3) is 0 Å². The maximum atomic E-state index is 14.3. The standard InChI is InChI=1S/C21H20F3NO4/c22-17-7-6-16(18(23)19(17)24)21(27)8-14-11-28-12-15(9-21)25(14)20(26)29-10-13-4-2-1-3-5-13/h1-7,14-15,27H,8-12H2. The lowest BCUT2D eigenvalue weighted by atomic mass is 9.76. The Balaban J connectivity index is 1.53. The van der Waals surface area contributed by atoms with Gasteiger partial charge in [0.05, 0.1) is 30.9 Å². The average molecular weight is 407 g/mol. The molecule has 2 aromatic rings. The first-order valence-electron chi connectivity index (χ1n) is 9.32. The predicted molar refractivity (Wildman–Crippen MR) is 96.3 cm³/mol. The number of carbonyl (C=O) groups excluding carboxylic acids is 1. The summed E-state index contributed by atoms with van der Waals surface area (Å²) in [5.41, 5.74) is -1.22. The van der Waals surface area contributed by atoms with Crippen molar-refractivity contribution in [1.82, 2.24) is 4.90 Å². The van der Waals surface area contributed by atoms with Crippen LogP contribution in [0.1, 0.15) is 24.0 Å². The van der Waals surface area contributed by atoms with Gasteiger partial charge in [-0.2, -0.15) is 0 Å². The van der Waals surface area contributed by atoms with Crippen LogP contribution in [-0.4, -0.2) is 41.4 Å². The summed E-state index contributed by atoms with van der Waals surface area (Å²) >= 11 is 0. The number of hydrogen-bond donors (Lipinski definition) is 1. The zero-order valence-electron chi connectivity index (χ0n) is 15.5. The summed E-state index contributed by atoms with van der Waals surface area (Å²) in [6.45, 7) is 0.355. The summed E-state index contributed by atoms with van der Waals surface area (Å²) in [5.74, 6) is -4.35. The molecule has 0 spiro atoms. The van der Waals surface area contributed by atoms with Gasteiger partial charge in [-0.1, -0.05) is 36.4 Å². The Morgan fingerprint density at radius 2 is 1.72 bits per heavy atom. The minimum Gasteiger partial charge on any atom is -0.445 e. The quantitative estimate of drug-likeness (QED) is 0.792. The fraction of sp³-hybridized carbons (Fsp3) is 0.381. The molecular formula is C21H20F3NO4. The number of morpholine rings is 1. The van der Waals surface area contributed by atoms with E-state index in [1.807, 2.05) is 30.3 Å². The number of fused-ring (bicyclic) bond motifs is 2. The molecule has 0 aliphatic carbocycles. The summed E-state index contributed by atoms with van der Waals surface area (Å²) in [7, 11) is 0. The van der Waals surface area contributed by atoms with Gasteiger partial charge in [-0.3, -0.25) is 4.90 Å². The van der Waals surface area contributed by atoms with Crippen molar-refractivity contribution in [3.05, 3.63) is 71.0 Å². The number of piperidine rings is 1. The van der Waals surface area contributed by atoms with Crippen LogP contribution in [0.4, 0.5) is 18.0 Å². The second-order valence-corrected chi connectivity index (χ2v) is 7.46. The minimum absolute atomic E-state index is 0.0775. The van der Waals surface area contributed by atoms with Gasteiger partial charge < -0.3 is 14.6 Å². The second-order valence-electron chi connectivity index (χ2n) is 7.46. The fourth-order valence-corrected chi connectivity index (χ4v) is 4.17. The van der Waals surface area contributed by atoms with E-state index in [9.17, 15) is 23.1 Å². The monoisotopic (exact) mass is 407 g/mol. The smallest absolute Gasteiger partial charge is 0.410 e. The number of halogens is 3. The number of nitrogens with zero attached hydrogens (tertiary/aromatic N) is 1. The van der Waals surface area contributed by atoms with Gasteiger partial charge in [0.1, 0.15) is 6.61 Å². The SMILES string of the molecule is O=C(OCc1ccccc1)N1C2COCC1CC(O)(c1ccc(F)c(F)c1F)C2. The van der Waals surface area contributed by atoms with Crippen molar-refractivity contribution in [2.24, 2.45) is 0 Å². The first-order chi connectivity index (χ1) is 13.9. The van der Waals surface area contributed by atoms with E-state index in [0.717, 1.165) is 17.7 Å². The molecule has 2 unspecified atom stereocenters. The van der Waals surface area contributed by atoms with Crippen LogP contribution in [0.25, 0.3) is 0 Å². The van der Waals surface area contributed by atoms with Crippen LogP contribution in [0, 0.1) is 17.5 Å². The Kier molecular flexibility index (Phi) is 5.23. The van der Waals surface area contributed by atoms with E-state index in [0.29, 0.717) is 0 Å². The van der Waals surface area contributed by atoms with Crippen molar-refractivity contribution < 1.29 is 32.5 Å². The number of benzene rings is 2. The first-order valence-corrected chi connectivity index (χ1v) is 9.32. The lowest BCUT2D eigenvalue weighted by Crippen LogP contribution is -2.62. The molecule has 2 heterocycles. The number of ether oxygens (including phenoxy) is 2. The van der Waals surface area contributed by atoms with Gasteiger partial charge in [0.2, 0.25) is 0 Å².